The maximum atomic E-state index is 11.6. The maximum Gasteiger partial charge on any atom is 0.261 e. The fraction of sp³-hybridized carbons (Fsp3) is 0.500. The number of halogens is 2. The molecule has 0 aliphatic carbocycles. The van der Waals surface area contributed by atoms with Gasteiger partial charge in [0.05, 0.1) is 0 Å². The molecule has 0 bridgehead atoms. The molecule has 0 amide bonds. The molecule has 5 heteroatoms. The lowest BCUT2D eigenvalue weighted by atomic mass is 10.4. The third-order valence-electron chi connectivity index (χ3n) is 1.36. The molecular weight excluding hydrogens is 182 g/mol. The molecule has 1 heterocycles. The van der Waals surface area contributed by atoms with Crippen LogP contribution < -0.4 is 0 Å². The number of ether oxygens (including phenoxy) is 1. The molecule has 1 N–H and O–H groups in total. The van der Waals surface area contributed by atoms with Crippen molar-refractivity contribution in [3.8, 4) is 0 Å². The van der Waals surface area contributed by atoms with E-state index in [0.717, 1.165) is 0 Å². The van der Waals surface area contributed by atoms with Crippen molar-refractivity contribution in [2.75, 3.05) is 6.61 Å². The Morgan fingerprint density at radius 1 is 1.38 bits per heavy atom. The van der Waals surface area contributed by atoms with Crippen LogP contribution in [-0.4, -0.2) is 18.1 Å². The molecule has 0 atom stereocenters. The van der Waals surface area contributed by atoms with Crippen LogP contribution in [0.15, 0.2) is 16.5 Å². The third-order valence-corrected chi connectivity index (χ3v) is 1.36. The average molecular weight is 192 g/mol. The van der Waals surface area contributed by atoms with Gasteiger partial charge in [0.1, 0.15) is 31.3 Å². The minimum atomic E-state index is -2.47. The lowest BCUT2D eigenvalue weighted by Crippen LogP contribution is -2.03. The average Bonchev–Trinajstić information content (AvgIpc) is 2.52. The summed E-state index contributed by atoms with van der Waals surface area (Å²) in [5.74, 6) is 0.834. The fourth-order valence-corrected chi connectivity index (χ4v) is 0.833. The molecule has 0 spiro atoms. The molecule has 13 heavy (non-hydrogen) atoms. The van der Waals surface area contributed by atoms with Crippen LogP contribution in [0.25, 0.3) is 0 Å². The van der Waals surface area contributed by atoms with Gasteiger partial charge in [-0.2, -0.15) is 0 Å². The minimum Gasteiger partial charge on any atom is -0.461 e. The van der Waals surface area contributed by atoms with Crippen LogP contribution in [0.4, 0.5) is 8.78 Å². The topological polar surface area (TPSA) is 42.6 Å². The Labute approximate surface area is 73.9 Å². The van der Waals surface area contributed by atoms with Crippen LogP contribution >= 0.6 is 0 Å². The Morgan fingerprint density at radius 3 is 2.62 bits per heavy atom. The molecule has 0 radical (unpaired) electrons. The molecule has 0 unspecified atom stereocenters. The molecule has 0 aromatic carbocycles. The summed E-state index contributed by atoms with van der Waals surface area (Å²) >= 11 is 0. The van der Waals surface area contributed by atoms with E-state index < -0.39 is 13.0 Å². The van der Waals surface area contributed by atoms with Crippen LogP contribution in [0.2, 0.25) is 0 Å². The van der Waals surface area contributed by atoms with Gasteiger partial charge in [-0.1, -0.05) is 0 Å². The van der Waals surface area contributed by atoms with Crippen molar-refractivity contribution in [1.82, 2.24) is 0 Å². The number of hydrogen-bond donors (Lipinski definition) is 1. The Morgan fingerprint density at radius 2 is 2.08 bits per heavy atom. The summed E-state index contributed by atoms with van der Waals surface area (Å²) in [5, 5.41) is 8.61. The Kier molecular flexibility index (Phi) is 3.85. The van der Waals surface area contributed by atoms with Gasteiger partial charge < -0.3 is 14.3 Å². The SMILES string of the molecule is OCc1ccc(COCC(F)F)o1. The van der Waals surface area contributed by atoms with E-state index >= 15 is 0 Å². The van der Waals surface area contributed by atoms with E-state index in [4.69, 9.17) is 9.52 Å². The van der Waals surface area contributed by atoms with Gasteiger partial charge in [-0.15, -0.1) is 0 Å². The quantitative estimate of drug-likeness (QED) is 0.769. The van der Waals surface area contributed by atoms with Crippen molar-refractivity contribution in [2.45, 2.75) is 19.6 Å². The molecule has 0 aliphatic heterocycles. The molecule has 1 rings (SSSR count). The second-order valence-corrected chi connectivity index (χ2v) is 2.43. The third kappa shape index (κ3) is 3.52. The highest BCUT2D eigenvalue weighted by atomic mass is 19.3. The van der Waals surface area contributed by atoms with Crippen LogP contribution in [-0.2, 0) is 18.0 Å². The zero-order valence-corrected chi connectivity index (χ0v) is 6.87. The van der Waals surface area contributed by atoms with E-state index in [1.54, 1.807) is 12.1 Å². The van der Waals surface area contributed by atoms with E-state index in [9.17, 15) is 8.78 Å². The van der Waals surface area contributed by atoms with Gasteiger partial charge in [-0.3, -0.25) is 0 Å². The molecule has 74 valence electrons. The molecule has 0 saturated heterocycles. The van der Waals surface area contributed by atoms with Crippen molar-refractivity contribution in [2.24, 2.45) is 0 Å². The largest absolute Gasteiger partial charge is 0.461 e. The number of hydrogen-bond acceptors (Lipinski definition) is 3. The molecule has 3 nitrogen and oxygen atoms in total. The second kappa shape index (κ2) is 4.94. The van der Waals surface area contributed by atoms with Gasteiger partial charge in [0.15, 0.2) is 0 Å². The number of furan rings is 1. The van der Waals surface area contributed by atoms with Crippen LogP contribution in [0.3, 0.4) is 0 Å². The zero-order chi connectivity index (χ0) is 9.68. The highest BCUT2D eigenvalue weighted by molar-refractivity contribution is 5.05. The van der Waals surface area contributed by atoms with Gasteiger partial charge in [-0.05, 0) is 12.1 Å². The highest BCUT2D eigenvalue weighted by Crippen LogP contribution is 2.09. The number of rotatable bonds is 5. The maximum absolute atomic E-state index is 11.6. The van der Waals surface area contributed by atoms with E-state index in [0.29, 0.717) is 11.5 Å². The minimum absolute atomic E-state index is 0.00431. The first-order valence-electron chi connectivity index (χ1n) is 3.76. The van der Waals surface area contributed by atoms with E-state index in [-0.39, 0.29) is 13.2 Å². The molecule has 0 fully saturated rings. The van der Waals surface area contributed by atoms with Crippen LogP contribution in [0.1, 0.15) is 11.5 Å². The standard InChI is InChI=1S/C8H10F2O3/c9-8(10)5-12-4-7-2-1-6(3-11)13-7/h1-2,8,11H,3-5H2. The summed E-state index contributed by atoms with van der Waals surface area (Å²) in [5.41, 5.74) is 0. The summed E-state index contributed by atoms with van der Waals surface area (Å²) in [6.07, 6.45) is -2.47. The molecular formula is C8H10F2O3. The zero-order valence-electron chi connectivity index (χ0n) is 6.87. The first-order chi connectivity index (χ1) is 6.22. The van der Waals surface area contributed by atoms with Gasteiger partial charge in [0, 0.05) is 0 Å². The van der Waals surface area contributed by atoms with E-state index in [2.05, 4.69) is 4.74 Å². The van der Waals surface area contributed by atoms with Crippen molar-refractivity contribution < 1.29 is 23.0 Å². The number of aliphatic hydroxyl groups is 1. The normalized spacial score (nSPS) is 11.1. The molecule has 0 aliphatic rings. The summed E-state index contributed by atoms with van der Waals surface area (Å²) in [4.78, 5) is 0. The van der Waals surface area contributed by atoms with E-state index in [1.807, 2.05) is 0 Å². The van der Waals surface area contributed by atoms with E-state index in [1.165, 1.54) is 0 Å². The number of aliphatic hydroxyl groups excluding tert-OH is 1. The Bertz CT molecular complexity index is 247. The summed E-state index contributed by atoms with van der Waals surface area (Å²) in [6.45, 7) is -0.797. The van der Waals surface area contributed by atoms with Crippen LogP contribution in [0.5, 0.6) is 0 Å². The summed E-state index contributed by atoms with van der Waals surface area (Å²) in [7, 11) is 0. The lowest BCUT2D eigenvalue weighted by Gasteiger charge is -1.99. The highest BCUT2D eigenvalue weighted by Gasteiger charge is 2.04. The first kappa shape index (κ1) is 10.1. The van der Waals surface area contributed by atoms with Crippen molar-refractivity contribution in [3.63, 3.8) is 0 Å². The monoisotopic (exact) mass is 192 g/mol. The smallest absolute Gasteiger partial charge is 0.261 e. The molecule has 1 aromatic heterocycles. The summed E-state index contributed by atoms with van der Waals surface area (Å²) in [6, 6.07) is 3.15. The van der Waals surface area contributed by atoms with Gasteiger partial charge in [-0.25, -0.2) is 8.78 Å². The van der Waals surface area contributed by atoms with Crippen molar-refractivity contribution >= 4 is 0 Å². The predicted molar refractivity (Wildman–Crippen MR) is 40.3 cm³/mol. The van der Waals surface area contributed by atoms with Crippen molar-refractivity contribution in [3.05, 3.63) is 23.7 Å². The summed E-state index contributed by atoms with van der Waals surface area (Å²) < 4.78 is 32.8. The lowest BCUT2D eigenvalue weighted by molar-refractivity contribution is 0.00398. The van der Waals surface area contributed by atoms with Crippen LogP contribution in [0, 0.1) is 0 Å². The predicted octanol–water partition coefficient (Wildman–Crippen LogP) is 1.55. The molecule has 1 aromatic rings. The Hall–Kier alpha value is -0.940. The van der Waals surface area contributed by atoms with Crippen molar-refractivity contribution in [1.29, 1.82) is 0 Å². The van der Waals surface area contributed by atoms with Gasteiger partial charge in [0.25, 0.3) is 6.43 Å². The number of alkyl halides is 2. The first-order valence-corrected chi connectivity index (χ1v) is 3.76. The van der Waals surface area contributed by atoms with Gasteiger partial charge in [0.2, 0.25) is 0 Å². The Balaban J connectivity index is 2.28. The second-order valence-electron chi connectivity index (χ2n) is 2.43. The molecule has 0 saturated carbocycles. The fourth-order valence-electron chi connectivity index (χ4n) is 0.833. The van der Waals surface area contributed by atoms with Gasteiger partial charge >= 0.3 is 0 Å².